The maximum Gasteiger partial charge on any atom is 0.270 e. The van der Waals surface area contributed by atoms with Crippen molar-refractivity contribution >= 4 is 11.6 Å². The lowest BCUT2D eigenvalue weighted by Gasteiger charge is -2.25. The number of hydrogen-bond donors (Lipinski definition) is 1. The van der Waals surface area contributed by atoms with Crippen LogP contribution in [0.5, 0.6) is 0 Å². The van der Waals surface area contributed by atoms with Gasteiger partial charge in [0.05, 0.1) is 11.0 Å². The smallest absolute Gasteiger partial charge is 0.270 e. The second kappa shape index (κ2) is 7.06. The van der Waals surface area contributed by atoms with Crippen LogP contribution in [0.25, 0.3) is 0 Å². The lowest BCUT2D eigenvalue weighted by atomic mass is 10.1. The zero-order valence-corrected chi connectivity index (χ0v) is 13.4. The SMILES string of the molecule is CN(C)C(CNC(=O)c1cccc([N+](=O)[O-])c1)c1cccn1C. The largest absolute Gasteiger partial charge is 0.353 e. The molecule has 0 aliphatic carbocycles. The molecule has 0 saturated heterocycles. The highest BCUT2D eigenvalue weighted by Crippen LogP contribution is 2.18. The van der Waals surface area contributed by atoms with Crippen molar-refractivity contribution in [1.82, 2.24) is 14.8 Å². The van der Waals surface area contributed by atoms with Crippen molar-refractivity contribution in [2.75, 3.05) is 20.6 Å². The topological polar surface area (TPSA) is 80.4 Å². The van der Waals surface area contributed by atoms with E-state index in [0.717, 1.165) is 5.69 Å². The van der Waals surface area contributed by atoms with Crippen LogP contribution in [-0.4, -0.2) is 40.9 Å². The van der Waals surface area contributed by atoms with Crippen molar-refractivity contribution in [2.24, 2.45) is 7.05 Å². The summed E-state index contributed by atoms with van der Waals surface area (Å²) < 4.78 is 2.00. The monoisotopic (exact) mass is 316 g/mol. The second-order valence-corrected chi connectivity index (χ2v) is 5.54. The number of amides is 1. The van der Waals surface area contributed by atoms with Crippen LogP contribution in [0.15, 0.2) is 42.6 Å². The van der Waals surface area contributed by atoms with E-state index in [0.29, 0.717) is 6.54 Å². The van der Waals surface area contributed by atoms with Crippen LogP contribution >= 0.6 is 0 Å². The summed E-state index contributed by atoms with van der Waals surface area (Å²) in [7, 11) is 5.84. The number of nitrogens with zero attached hydrogens (tertiary/aromatic N) is 3. The molecule has 0 bridgehead atoms. The van der Waals surface area contributed by atoms with E-state index in [1.165, 1.54) is 18.2 Å². The first-order valence-corrected chi connectivity index (χ1v) is 7.20. The van der Waals surface area contributed by atoms with Gasteiger partial charge in [-0.05, 0) is 32.3 Å². The van der Waals surface area contributed by atoms with Gasteiger partial charge in [0.2, 0.25) is 0 Å². The molecule has 2 rings (SSSR count). The first-order valence-electron chi connectivity index (χ1n) is 7.20. The van der Waals surface area contributed by atoms with Crippen LogP contribution in [0.1, 0.15) is 22.1 Å². The van der Waals surface area contributed by atoms with Crippen molar-refractivity contribution in [2.45, 2.75) is 6.04 Å². The Labute approximate surface area is 134 Å². The number of aryl methyl sites for hydroxylation is 1. The third kappa shape index (κ3) is 3.95. The van der Waals surface area contributed by atoms with Crippen molar-refractivity contribution in [1.29, 1.82) is 0 Å². The summed E-state index contributed by atoms with van der Waals surface area (Å²) in [6.07, 6.45) is 1.95. The molecule has 0 aliphatic rings. The Kier molecular flexibility index (Phi) is 5.13. The fourth-order valence-electron chi connectivity index (χ4n) is 2.42. The van der Waals surface area contributed by atoms with Crippen molar-refractivity contribution in [3.8, 4) is 0 Å². The van der Waals surface area contributed by atoms with Gasteiger partial charge in [0, 0.05) is 43.2 Å². The van der Waals surface area contributed by atoms with E-state index >= 15 is 0 Å². The Morgan fingerprint density at radius 3 is 2.65 bits per heavy atom. The van der Waals surface area contributed by atoms with Crippen molar-refractivity contribution in [3.05, 3.63) is 64.0 Å². The number of nitro groups is 1. The molecule has 0 saturated carbocycles. The number of likely N-dealkylation sites (N-methyl/N-ethyl adjacent to an activating group) is 1. The van der Waals surface area contributed by atoms with Gasteiger partial charge in [-0.1, -0.05) is 6.07 Å². The van der Waals surface area contributed by atoms with E-state index in [1.807, 2.05) is 48.9 Å². The third-order valence-corrected chi connectivity index (χ3v) is 3.72. The van der Waals surface area contributed by atoms with Gasteiger partial charge in [0.15, 0.2) is 0 Å². The normalized spacial score (nSPS) is 12.2. The molecule has 1 atom stereocenters. The molecule has 23 heavy (non-hydrogen) atoms. The Morgan fingerprint density at radius 1 is 1.35 bits per heavy atom. The summed E-state index contributed by atoms with van der Waals surface area (Å²) in [5.74, 6) is -0.324. The van der Waals surface area contributed by atoms with E-state index in [9.17, 15) is 14.9 Å². The fourth-order valence-corrected chi connectivity index (χ4v) is 2.42. The summed E-state index contributed by atoms with van der Waals surface area (Å²) in [5.41, 5.74) is 1.27. The molecule has 0 aliphatic heterocycles. The number of carbonyl (C=O) groups is 1. The average molecular weight is 316 g/mol. The fraction of sp³-hybridized carbons (Fsp3) is 0.312. The maximum absolute atomic E-state index is 12.2. The number of benzene rings is 1. The molecule has 7 heteroatoms. The standard InChI is InChI=1S/C16H20N4O3/c1-18(2)15(14-8-5-9-19(14)3)11-17-16(21)12-6-4-7-13(10-12)20(22)23/h4-10,15H,11H2,1-3H3,(H,17,21). The highest BCUT2D eigenvalue weighted by molar-refractivity contribution is 5.94. The number of carbonyl (C=O) groups excluding carboxylic acids is 1. The number of hydrogen-bond acceptors (Lipinski definition) is 4. The number of aromatic nitrogens is 1. The predicted molar refractivity (Wildman–Crippen MR) is 87.3 cm³/mol. The minimum absolute atomic E-state index is 0.0117. The van der Waals surface area contributed by atoms with Crippen LogP contribution in [0.2, 0.25) is 0 Å². The molecule has 7 nitrogen and oxygen atoms in total. The van der Waals surface area contributed by atoms with Crippen LogP contribution in [0, 0.1) is 10.1 Å². The van der Waals surface area contributed by atoms with Crippen LogP contribution < -0.4 is 5.32 Å². The minimum atomic E-state index is -0.511. The van der Waals surface area contributed by atoms with Gasteiger partial charge in [0.1, 0.15) is 0 Å². The summed E-state index contributed by atoms with van der Waals surface area (Å²) in [4.78, 5) is 24.5. The molecule has 1 aromatic carbocycles. The number of rotatable bonds is 6. The van der Waals surface area contributed by atoms with E-state index in [-0.39, 0.29) is 23.2 Å². The van der Waals surface area contributed by atoms with Crippen LogP contribution in [-0.2, 0) is 7.05 Å². The number of nitrogens with one attached hydrogen (secondary N) is 1. The first-order chi connectivity index (χ1) is 10.9. The van der Waals surface area contributed by atoms with E-state index in [4.69, 9.17) is 0 Å². The molecular formula is C16H20N4O3. The van der Waals surface area contributed by atoms with E-state index in [1.54, 1.807) is 6.07 Å². The summed E-state index contributed by atoms with van der Waals surface area (Å²) in [6, 6.07) is 9.69. The van der Waals surface area contributed by atoms with Gasteiger partial charge >= 0.3 is 0 Å². The first kappa shape index (κ1) is 16.7. The van der Waals surface area contributed by atoms with Crippen LogP contribution in [0.4, 0.5) is 5.69 Å². The van der Waals surface area contributed by atoms with Gasteiger partial charge in [-0.3, -0.25) is 19.8 Å². The Bertz CT molecular complexity index is 709. The Morgan fingerprint density at radius 2 is 2.09 bits per heavy atom. The zero-order chi connectivity index (χ0) is 17.0. The molecule has 2 aromatic rings. The number of nitro benzene ring substituents is 1. The molecule has 1 N–H and O–H groups in total. The molecule has 122 valence electrons. The van der Waals surface area contributed by atoms with Gasteiger partial charge in [-0.2, -0.15) is 0 Å². The molecule has 0 spiro atoms. The summed E-state index contributed by atoms with van der Waals surface area (Å²) in [5, 5.41) is 13.6. The summed E-state index contributed by atoms with van der Waals surface area (Å²) in [6.45, 7) is 0.409. The van der Waals surface area contributed by atoms with Gasteiger partial charge < -0.3 is 9.88 Å². The quantitative estimate of drug-likeness (QED) is 0.652. The maximum atomic E-state index is 12.2. The van der Waals surface area contributed by atoms with Gasteiger partial charge in [-0.25, -0.2) is 0 Å². The molecule has 1 amide bonds. The zero-order valence-electron chi connectivity index (χ0n) is 13.4. The summed E-state index contributed by atoms with van der Waals surface area (Å²) >= 11 is 0. The second-order valence-electron chi connectivity index (χ2n) is 5.54. The average Bonchev–Trinajstić information content (AvgIpc) is 2.93. The predicted octanol–water partition coefficient (Wildman–Crippen LogP) is 1.97. The molecule has 1 aromatic heterocycles. The molecule has 1 heterocycles. The highest BCUT2D eigenvalue weighted by Gasteiger charge is 2.18. The van der Waals surface area contributed by atoms with Crippen molar-refractivity contribution in [3.63, 3.8) is 0 Å². The van der Waals surface area contributed by atoms with Crippen molar-refractivity contribution < 1.29 is 9.72 Å². The molecular weight excluding hydrogens is 296 g/mol. The Balaban J connectivity index is 2.09. The Hall–Kier alpha value is -2.67. The highest BCUT2D eigenvalue weighted by atomic mass is 16.6. The molecule has 1 unspecified atom stereocenters. The van der Waals surface area contributed by atoms with Crippen LogP contribution in [0.3, 0.4) is 0 Å². The lowest BCUT2D eigenvalue weighted by molar-refractivity contribution is -0.384. The lowest BCUT2D eigenvalue weighted by Crippen LogP contribution is -2.35. The van der Waals surface area contributed by atoms with E-state index in [2.05, 4.69) is 5.32 Å². The van der Waals surface area contributed by atoms with Gasteiger partial charge in [-0.15, -0.1) is 0 Å². The molecule has 0 fully saturated rings. The minimum Gasteiger partial charge on any atom is -0.353 e. The third-order valence-electron chi connectivity index (χ3n) is 3.72. The van der Waals surface area contributed by atoms with Gasteiger partial charge in [0.25, 0.3) is 11.6 Å². The number of non-ortho nitro benzene ring substituents is 1. The van der Waals surface area contributed by atoms with E-state index < -0.39 is 4.92 Å². The molecule has 0 radical (unpaired) electrons.